The van der Waals surface area contributed by atoms with E-state index in [0.717, 1.165) is 0 Å². The van der Waals surface area contributed by atoms with Crippen LogP contribution in [-0.4, -0.2) is 21.7 Å². The quantitative estimate of drug-likeness (QED) is 0.766. The number of carbonyl (C=O) groups is 1. The molecule has 0 bridgehead atoms. The standard InChI is InChI=1S/C14H16N2O3/c1-2-19-14(18)12-6-5-9-15(12)10-11-16-8-4-3-7-13(16)17/h3-9H,2,10-11H2,1H3. The zero-order chi connectivity index (χ0) is 13.7. The van der Waals surface area contributed by atoms with Gasteiger partial charge in [-0.2, -0.15) is 0 Å². The number of rotatable bonds is 5. The number of carbonyl (C=O) groups excluding carboxylic acids is 1. The highest BCUT2D eigenvalue weighted by molar-refractivity contribution is 5.87. The Balaban J connectivity index is 2.09. The molecule has 2 aromatic heterocycles. The normalized spacial score (nSPS) is 10.4. The van der Waals surface area contributed by atoms with Gasteiger partial charge in [-0.25, -0.2) is 4.79 Å². The number of pyridine rings is 1. The molecule has 0 N–H and O–H groups in total. The summed E-state index contributed by atoms with van der Waals surface area (Å²) in [5, 5.41) is 0. The van der Waals surface area contributed by atoms with Crippen LogP contribution in [0.2, 0.25) is 0 Å². The molecule has 0 saturated heterocycles. The van der Waals surface area contributed by atoms with Gasteiger partial charge in [0.2, 0.25) is 0 Å². The fraction of sp³-hybridized carbons (Fsp3) is 0.286. The summed E-state index contributed by atoms with van der Waals surface area (Å²) in [4.78, 5) is 23.3. The van der Waals surface area contributed by atoms with Crippen LogP contribution in [0.25, 0.3) is 0 Å². The van der Waals surface area contributed by atoms with E-state index >= 15 is 0 Å². The third-order valence-electron chi connectivity index (χ3n) is 2.79. The highest BCUT2D eigenvalue weighted by Crippen LogP contribution is 2.05. The summed E-state index contributed by atoms with van der Waals surface area (Å²) in [5.74, 6) is -0.340. The molecule has 5 nitrogen and oxygen atoms in total. The number of hydrogen-bond donors (Lipinski definition) is 0. The minimum atomic E-state index is -0.340. The van der Waals surface area contributed by atoms with Crippen LogP contribution >= 0.6 is 0 Å². The van der Waals surface area contributed by atoms with Crippen LogP contribution in [0, 0.1) is 0 Å². The van der Waals surface area contributed by atoms with E-state index in [2.05, 4.69) is 0 Å². The Labute approximate surface area is 111 Å². The zero-order valence-corrected chi connectivity index (χ0v) is 10.8. The van der Waals surface area contributed by atoms with E-state index in [1.165, 1.54) is 6.07 Å². The van der Waals surface area contributed by atoms with Gasteiger partial charge >= 0.3 is 5.97 Å². The molecule has 0 amide bonds. The molecule has 0 fully saturated rings. The van der Waals surface area contributed by atoms with Crippen molar-refractivity contribution in [2.24, 2.45) is 0 Å². The van der Waals surface area contributed by atoms with Gasteiger partial charge in [0.25, 0.3) is 5.56 Å². The number of hydrogen-bond acceptors (Lipinski definition) is 3. The second-order valence-electron chi connectivity index (χ2n) is 4.04. The molecule has 0 aromatic carbocycles. The summed E-state index contributed by atoms with van der Waals surface area (Å²) in [6.07, 6.45) is 3.54. The Hall–Kier alpha value is -2.30. The van der Waals surface area contributed by atoms with E-state index in [-0.39, 0.29) is 11.5 Å². The van der Waals surface area contributed by atoms with Crippen molar-refractivity contribution < 1.29 is 9.53 Å². The highest BCUT2D eigenvalue weighted by Gasteiger charge is 2.11. The Morgan fingerprint density at radius 3 is 2.58 bits per heavy atom. The Morgan fingerprint density at radius 1 is 1.11 bits per heavy atom. The van der Waals surface area contributed by atoms with Crippen LogP contribution in [0.5, 0.6) is 0 Å². The summed E-state index contributed by atoms with van der Waals surface area (Å²) in [5.41, 5.74) is 0.457. The topological polar surface area (TPSA) is 53.2 Å². The fourth-order valence-corrected chi connectivity index (χ4v) is 1.86. The first-order valence-electron chi connectivity index (χ1n) is 6.20. The molecule has 0 unspecified atom stereocenters. The van der Waals surface area contributed by atoms with Gasteiger partial charge in [0.05, 0.1) is 6.61 Å². The van der Waals surface area contributed by atoms with Crippen molar-refractivity contribution in [3.05, 3.63) is 58.8 Å². The van der Waals surface area contributed by atoms with E-state index in [4.69, 9.17) is 4.74 Å². The second-order valence-corrected chi connectivity index (χ2v) is 4.04. The van der Waals surface area contributed by atoms with E-state index in [1.54, 1.807) is 46.7 Å². The summed E-state index contributed by atoms with van der Waals surface area (Å²) < 4.78 is 8.37. The molecule has 2 heterocycles. The van der Waals surface area contributed by atoms with Crippen molar-refractivity contribution in [3.8, 4) is 0 Å². The maximum atomic E-state index is 11.7. The zero-order valence-electron chi connectivity index (χ0n) is 10.8. The average molecular weight is 260 g/mol. The SMILES string of the molecule is CCOC(=O)c1cccn1CCn1ccccc1=O. The van der Waals surface area contributed by atoms with Crippen molar-refractivity contribution >= 4 is 5.97 Å². The predicted octanol–water partition coefficient (Wildman–Crippen LogP) is 1.53. The molecular weight excluding hydrogens is 244 g/mol. The molecule has 2 rings (SSSR count). The molecule has 5 heteroatoms. The molecule has 0 radical (unpaired) electrons. The largest absolute Gasteiger partial charge is 0.461 e. The monoisotopic (exact) mass is 260 g/mol. The maximum Gasteiger partial charge on any atom is 0.354 e. The number of ether oxygens (including phenoxy) is 1. The lowest BCUT2D eigenvalue weighted by Crippen LogP contribution is -2.21. The molecule has 2 aromatic rings. The molecule has 19 heavy (non-hydrogen) atoms. The first-order valence-corrected chi connectivity index (χ1v) is 6.20. The average Bonchev–Trinajstić information content (AvgIpc) is 2.86. The summed E-state index contributed by atoms with van der Waals surface area (Å²) >= 11 is 0. The molecule has 100 valence electrons. The molecule has 0 saturated carbocycles. The number of nitrogens with zero attached hydrogens (tertiary/aromatic N) is 2. The van der Waals surface area contributed by atoms with Crippen LogP contribution in [0.15, 0.2) is 47.5 Å². The third-order valence-corrected chi connectivity index (χ3v) is 2.79. The van der Waals surface area contributed by atoms with Crippen molar-refractivity contribution in [1.29, 1.82) is 0 Å². The lowest BCUT2D eigenvalue weighted by Gasteiger charge is -2.09. The molecule has 0 aliphatic carbocycles. The Morgan fingerprint density at radius 2 is 1.84 bits per heavy atom. The van der Waals surface area contributed by atoms with Gasteiger partial charge < -0.3 is 13.9 Å². The minimum absolute atomic E-state index is 0.0488. The summed E-state index contributed by atoms with van der Waals surface area (Å²) in [7, 11) is 0. The van der Waals surface area contributed by atoms with E-state index < -0.39 is 0 Å². The highest BCUT2D eigenvalue weighted by atomic mass is 16.5. The summed E-state index contributed by atoms with van der Waals surface area (Å²) in [6.45, 7) is 3.18. The van der Waals surface area contributed by atoms with Crippen LogP contribution in [0.4, 0.5) is 0 Å². The number of aromatic nitrogens is 2. The van der Waals surface area contributed by atoms with E-state index in [0.29, 0.717) is 25.4 Å². The molecule has 0 spiro atoms. The Kier molecular flexibility index (Phi) is 4.18. The van der Waals surface area contributed by atoms with Gasteiger partial charge in [-0.3, -0.25) is 4.79 Å². The minimum Gasteiger partial charge on any atom is -0.461 e. The van der Waals surface area contributed by atoms with Crippen molar-refractivity contribution in [1.82, 2.24) is 9.13 Å². The lowest BCUT2D eigenvalue weighted by molar-refractivity contribution is 0.0513. The van der Waals surface area contributed by atoms with Crippen molar-refractivity contribution in [2.75, 3.05) is 6.61 Å². The van der Waals surface area contributed by atoms with E-state index in [1.807, 2.05) is 6.07 Å². The molecule has 0 atom stereocenters. The van der Waals surface area contributed by atoms with Gasteiger partial charge in [0, 0.05) is 31.5 Å². The smallest absolute Gasteiger partial charge is 0.354 e. The first kappa shape index (κ1) is 13.1. The van der Waals surface area contributed by atoms with E-state index in [9.17, 15) is 9.59 Å². The Bertz CT molecular complexity index is 613. The van der Waals surface area contributed by atoms with Gasteiger partial charge in [-0.05, 0) is 25.1 Å². The first-order chi connectivity index (χ1) is 9.22. The van der Waals surface area contributed by atoms with Crippen molar-refractivity contribution in [2.45, 2.75) is 20.0 Å². The van der Waals surface area contributed by atoms with Crippen LogP contribution in [-0.2, 0) is 17.8 Å². The molecule has 0 aliphatic heterocycles. The molecular formula is C14H16N2O3. The number of aryl methyl sites for hydroxylation is 2. The third kappa shape index (κ3) is 3.13. The lowest BCUT2D eigenvalue weighted by atomic mass is 10.4. The summed E-state index contributed by atoms with van der Waals surface area (Å²) in [6, 6.07) is 8.54. The second kappa shape index (κ2) is 6.04. The maximum absolute atomic E-state index is 11.7. The van der Waals surface area contributed by atoms with Gasteiger partial charge in [0.15, 0.2) is 0 Å². The van der Waals surface area contributed by atoms with Gasteiger partial charge in [0.1, 0.15) is 5.69 Å². The number of esters is 1. The van der Waals surface area contributed by atoms with Crippen molar-refractivity contribution in [3.63, 3.8) is 0 Å². The predicted molar refractivity (Wildman–Crippen MR) is 71.1 cm³/mol. The fourth-order valence-electron chi connectivity index (χ4n) is 1.86. The van der Waals surface area contributed by atoms with Gasteiger partial charge in [-0.1, -0.05) is 6.07 Å². The van der Waals surface area contributed by atoms with Crippen LogP contribution in [0.3, 0.4) is 0 Å². The van der Waals surface area contributed by atoms with Crippen LogP contribution in [0.1, 0.15) is 17.4 Å². The van der Waals surface area contributed by atoms with Crippen LogP contribution < -0.4 is 5.56 Å². The molecule has 0 aliphatic rings. The van der Waals surface area contributed by atoms with Gasteiger partial charge in [-0.15, -0.1) is 0 Å².